The van der Waals surface area contributed by atoms with Crippen molar-refractivity contribution in [3.8, 4) is 11.4 Å². The molecule has 0 bridgehead atoms. The summed E-state index contributed by atoms with van der Waals surface area (Å²) in [6, 6.07) is 76.4. The van der Waals surface area contributed by atoms with Gasteiger partial charge in [0.1, 0.15) is 12.0 Å². The van der Waals surface area contributed by atoms with E-state index < -0.39 is 0 Å². The van der Waals surface area contributed by atoms with Crippen LogP contribution in [0.25, 0.3) is 87.3 Å². The van der Waals surface area contributed by atoms with Crippen molar-refractivity contribution >= 4 is 87.6 Å². The van der Waals surface area contributed by atoms with Crippen molar-refractivity contribution in [2.75, 3.05) is 0 Å². The zero-order valence-corrected chi connectivity index (χ0v) is 33.6. The zero-order valence-electron chi connectivity index (χ0n) is 33.6. The summed E-state index contributed by atoms with van der Waals surface area (Å²) in [5, 5.41) is 15.9. The van der Waals surface area contributed by atoms with Crippen molar-refractivity contribution in [3.05, 3.63) is 229 Å². The average molecular weight is 792 g/mol. The Morgan fingerprint density at radius 2 is 1.02 bits per heavy atom. The van der Waals surface area contributed by atoms with Gasteiger partial charge in [0.25, 0.3) is 0 Å². The number of nitrogens with one attached hydrogen (secondary N) is 1. The minimum atomic E-state index is -0.361. The molecule has 62 heavy (non-hydrogen) atoms. The quantitative estimate of drug-likeness (QED) is 0.185. The van der Waals surface area contributed by atoms with E-state index in [2.05, 4.69) is 203 Å². The number of hydrogen-bond donors (Lipinski definition) is 1. The number of rotatable bonds is 5. The van der Waals surface area contributed by atoms with Crippen LogP contribution in [0.15, 0.2) is 222 Å². The van der Waals surface area contributed by atoms with E-state index in [1.54, 1.807) is 0 Å². The Hall–Kier alpha value is -8.28. The summed E-state index contributed by atoms with van der Waals surface area (Å²) >= 11 is 0. The van der Waals surface area contributed by atoms with Gasteiger partial charge in [-0.15, -0.1) is 0 Å². The predicted octanol–water partition coefficient (Wildman–Crippen LogP) is 13.8. The van der Waals surface area contributed by atoms with Gasteiger partial charge in [-0.2, -0.15) is 0 Å². The first-order valence-corrected chi connectivity index (χ1v) is 21.2. The molecule has 10 aromatic carbocycles. The largest absolute Gasteiger partial charge is 0.344 e. The molecule has 5 heteroatoms. The lowest BCUT2D eigenvalue weighted by molar-refractivity contribution is 0.679. The molecule has 0 aliphatic carbocycles. The highest BCUT2D eigenvalue weighted by atomic mass is 15.2. The molecule has 0 saturated heterocycles. The topological polar surface area (TPSA) is 46.6 Å². The Morgan fingerprint density at radius 1 is 0.387 bits per heavy atom. The third kappa shape index (κ3) is 5.28. The highest BCUT2D eigenvalue weighted by Crippen LogP contribution is 2.44. The first-order valence-electron chi connectivity index (χ1n) is 21.2. The number of amidine groups is 2. The Kier molecular flexibility index (Phi) is 7.60. The maximum absolute atomic E-state index is 5.29. The van der Waals surface area contributed by atoms with E-state index in [1.807, 2.05) is 24.3 Å². The van der Waals surface area contributed by atoms with Crippen LogP contribution in [0.4, 0.5) is 0 Å². The highest BCUT2D eigenvalue weighted by molar-refractivity contribution is 6.25. The molecule has 0 saturated carbocycles. The first-order chi connectivity index (χ1) is 30.7. The molecule has 1 aliphatic rings. The van der Waals surface area contributed by atoms with Crippen molar-refractivity contribution in [1.82, 2.24) is 14.5 Å². The van der Waals surface area contributed by atoms with Gasteiger partial charge in [0.2, 0.25) is 0 Å². The molecule has 0 fully saturated rings. The molecular formula is C57H37N5. The van der Waals surface area contributed by atoms with Gasteiger partial charge in [0.05, 0.1) is 27.8 Å². The van der Waals surface area contributed by atoms with Crippen LogP contribution in [0, 0.1) is 0 Å². The first kappa shape index (κ1) is 34.6. The maximum Gasteiger partial charge on any atom is 0.159 e. The van der Waals surface area contributed by atoms with E-state index in [1.165, 1.54) is 65.2 Å². The van der Waals surface area contributed by atoms with Crippen LogP contribution in [0.1, 0.15) is 22.9 Å². The third-order valence-electron chi connectivity index (χ3n) is 12.7. The number of fused-ring (bicyclic) bond motifs is 10. The van der Waals surface area contributed by atoms with E-state index in [9.17, 15) is 0 Å². The van der Waals surface area contributed by atoms with E-state index in [4.69, 9.17) is 9.98 Å². The maximum atomic E-state index is 5.29. The van der Waals surface area contributed by atoms with E-state index in [0.29, 0.717) is 5.84 Å². The third-order valence-corrected chi connectivity index (χ3v) is 12.7. The zero-order chi connectivity index (χ0) is 40.7. The van der Waals surface area contributed by atoms with Crippen molar-refractivity contribution in [2.45, 2.75) is 6.17 Å². The van der Waals surface area contributed by atoms with Crippen LogP contribution in [0.3, 0.4) is 0 Å². The van der Waals surface area contributed by atoms with Crippen molar-refractivity contribution in [2.24, 2.45) is 9.98 Å². The van der Waals surface area contributed by atoms with Crippen LogP contribution in [-0.2, 0) is 0 Å². The average Bonchev–Trinajstić information content (AvgIpc) is 3.85. The van der Waals surface area contributed by atoms with Crippen LogP contribution in [0.2, 0.25) is 0 Å². The van der Waals surface area contributed by atoms with E-state index >= 15 is 0 Å². The lowest BCUT2D eigenvalue weighted by atomic mass is 9.99. The Bertz CT molecular complexity index is 3840. The smallest absolute Gasteiger partial charge is 0.159 e. The standard InChI is InChI=1S/C57H37N5/c1-3-17-38(18-4-1)55-58-56(39-19-5-2-6-20-39)60-57(59-55)46-30-32-50(44-24-12-11-23-43(44)46)62-51-31-28-37-16-9-10-22-42(37)54(51)48-35-52-47(34-53(48)62)45-25-13-14-26-49(45)61(52)41-29-27-36-15-7-8-21-40(36)33-41/h1-35,57H,(H,58,59,60). The fourth-order valence-electron chi connectivity index (χ4n) is 9.91. The fraction of sp³-hybridized carbons (Fsp3) is 0.0175. The molecule has 0 spiro atoms. The Labute approximate surface area is 357 Å². The molecule has 3 heterocycles. The molecular weight excluding hydrogens is 755 g/mol. The summed E-state index contributed by atoms with van der Waals surface area (Å²) in [7, 11) is 0. The monoisotopic (exact) mass is 791 g/mol. The summed E-state index contributed by atoms with van der Waals surface area (Å²) in [5.41, 5.74) is 10.1. The summed E-state index contributed by atoms with van der Waals surface area (Å²) < 4.78 is 4.94. The number of benzene rings is 10. The van der Waals surface area contributed by atoms with Crippen molar-refractivity contribution in [3.63, 3.8) is 0 Å². The molecule has 12 aromatic rings. The minimum absolute atomic E-state index is 0.361. The number of aliphatic imine (C=N–C) groups is 2. The van der Waals surface area contributed by atoms with Crippen LogP contribution in [0.5, 0.6) is 0 Å². The van der Waals surface area contributed by atoms with Crippen LogP contribution >= 0.6 is 0 Å². The SMILES string of the molecule is c1ccc(C2=NC(c3ccc(-n4c5cc6c7ccccc7n(-c7ccc8ccccc8c7)c6cc5c5c6ccccc6ccc54)c4ccccc34)NC(c3ccccc3)=N2)cc1. The van der Waals surface area contributed by atoms with Crippen LogP contribution < -0.4 is 5.32 Å². The summed E-state index contributed by atoms with van der Waals surface area (Å²) in [4.78, 5) is 10.4. The fourth-order valence-corrected chi connectivity index (χ4v) is 9.91. The molecule has 2 aromatic heterocycles. The van der Waals surface area contributed by atoms with Gasteiger partial charge < -0.3 is 14.5 Å². The molecule has 1 atom stereocenters. The molecule has 1 unspecified atom stereocenters. The summed E-state index contributed by atoms with van der Waals surface area (Å²) in [6.45, 7) is 0. The van der Waals surface area contributed by atoms with Gasteiger partial charge in [0, 0.05) is 49.3 Å². The highest BCUT2D eigenvalue weighted by Gasteiger charge is 2.25. The van der Waals surface area contributed by atoms with Gasteiger partial charge >= 0.3 is 0 Å². The second-order valence-corrected chi connectivity index (χ2v) is 16.2. The number of aromatic nitrogens is 2. The normalized spacial score (nSPS) is 14.3. The van der Waals surface area contributed by atoms with E-state index in [0.717, 1.165) is 44.7 Å². The molecule has 13 rings (SSSR count). The molecule has 0 amide bonds. The molecule has 0 radical (unpaired) electrons. The van der Waals surface area contributed by atoms with Gasteiger partial charge in [0.15, 0.2) is 5.84 Å². The van der Waals surface area contributed by atoms with Gasteiger partial charge in [-0.05, 0) is 69.4 Å². The van der Waals surface area contributed by atoms with Crippen molar-refractivity contribution < 1.29 is 0 Å². The van der Waals surface area contributed by atoms with Crippen LogP contribution in [-0.4, -0.2) is 20.8 Å². The second kappa shape index (κ2) is 13.6. The predicted molar refractivity (Wildman–Crippen MR) is 259 cm³/mol. The van der Waals surface area contributed by atoms with E-state index in [-0.39, 0.29) is 6.17 Å². The minimum Gasteiger partial charge on any atom is -0.344 e. The number of nitrogens with zero attached hydrogens (tertiary/aromatic N) is 4. The van der Waals surface area contributed by atoms with Gasteiger partial charge in [-0.25, -0.2) is 9.98 Å². The number of hydrogen-bond acceptors (Lipinski definition) is 3. The molecule has 290 valence electrons. The second-order valence-electron chi connectivity index (χ2n) is 16.2. The summed E-state index contributed by atoms with van der Waals surface area (Å²) in [5.74, 6) is 1.52. The van der Waals surface area contributed by atoms with Gasteiger partial charge in [-0.1, -0.05) is 170 Å². The summed E-state index contributed by atoms with van der Waals surface area (Å²) in [6.07, 6.45) is -0.361. The lowest BCUT2D eigenvalue weighted by Gasteiger charge is -2.25. The van der Waals surface area contributed by atoms with Crippen molar-refractivity contribution in [1.29, 1.82) is 0 Å². The Morgan fingerprint density at radius 3 is 1.84 bits per heavy atom. The Balaban J connectivity index is 1.07. The molecule has 1 aliphatic heterocycles. The molecule has 5 nitrogen and oxygen atoms in total. The van der Waals surface area contributed by atoms with Gasteiger partial charge in [-0.3, -0.25) is 0 Å². The molecule has 1 N–H and O–H groups in total. The lowest BCUT2D eigenvalue weighted by Crippen LogP contribution is -2.33. The number of para-hydroxylation sites is 1.